The Hall–Kier alpha value is -0.313. The van der Waals surface area contributed by atoms with Gasteiger partial charge in [-0.3, -0.25) is 9.13 Å². The molecule has 1 heterocycles. The molecule has 146 valence electrons. The van der Waals surface area contributed by atoms with E-state index in [-0.39, 0.29) is 6.42 Å². The summed E-state index contributed by atoms with van der Waals surface area (Å²) in [5, 5.41) is -3.31. The number of rotatable bonds is 8. The number of imidazole rings is 1. The molecule has 9 nitrogen and oxygen atoms in total. The van der Waals surface area contributed by atoms with E-state index in [9.17, 15) is 28.7 Å². The molecule has 4 N–H and O–H groups in total. The van der Waals surface area contributed by atoms with Gasteiger partial charge in [0.05, 0.1) is 6.33 Å². The second-order valence-corrected chi connectivity index (χ2v) is 16.3. The minimum Gasteiger partial charge on any atom is -0.392 e. The second kappa shape index (κ2) is 7.36. The number of hydrogen-bond acceptors (Lipinski definition) is 4. The SMILES string of the molecule is CC(C)(C)[Si](C)(C)OC(CCCn1ccnc1)(P(=O)(O)O)P(=O)(O)O. The third kappa shape index (κ3) is 5.11. The summed E-state index contributed by atoms with van der Waals surface area (Å²) in [6.45, 7) is 9.19. The fourth-order valence-corrected chi connectivity index (χ4v) is 7.91. The van der Waals surface area contributed by atoms with Crippen molar-refractivity contribution in [3.8, 4) is 0 Å². The van der Waals surface area contributed by atoms with E-state index in [1.165, 1.54) is 6.33 Å². The fraction of sp³-hybridized carbons (Fsp3) is 0.769. The van der Waals surface area contributed by atoms with Gasteiger partial charge in [-0.2, -0.15) is 0 Å². The summed E-state index contributed by atoms with van der Waals surface area (Å²) in [4.78, 5) is 43.2. The van der Waals surface area contributed by atoms with Crippen LogP contribution < -0.4 is 0 Å². The molecule has 0 saturated heterocycles. The molecule has 25 heavy (non-hydrogen) atoms. The number of nitrogens with zero attached hydrogens (tertiary/aromatic N) is 2. The molecule has 1 rings (SSSR count). The maximum atomic E-state index is 12.2. The highest BCUT2D eigenvalue weighted by molar-refractivity contribution is 7.72. The topological polar surface area (TPSA) is 142 Å². The van der Waals surface area contributed by atoms with Crippen LogP contribution in [-0.4, -0.2) is 42.5 Å². The van der Waals surface area contributed by atoms with Crippen LogP contribution in [0.3, 0.4) is 0 Å². The lowest BCUT2D eigenvalue weighted by Crippen LogP contribution is -2.49. The van der Waals surface area contributed by atoms with Crippen molar-refractivity contribution in [2.24, 2.45) is 0 Å². The van der Waals surface area contributed by atoms with Gasteiger partial charge in [0.25, 0.3) is 5.08 Å². The third-order valence-electron chi connectivity index (χ3n) is 4.61. The molecule has 1 aromatic heterocycles. The molecule has 0 radical (unpaired) electrons. The van der Waals surface area contributed by atoms with E-state index in [2.05, 4.69) is 4.98 Å². The predicted octanol–water partition coefficient (Wildman–Crippen LogP) is 2.69. The highest BCUT2D eigenvalue weighted by Gasteiger charge is 2.64. The zero-order valence-corrected chi connectivity index (χ0v) is 17.9. The smallest absolute Gasteiger partial charge is 0.368 e. The van der Waals surface area contributed by atoms with Crippen LogP contribution in [0.4, 0.5) is 0 Å². The van der Waals surface area contributed by atoms with Crippen molar-refractivity contribution in [2.45, 2.75) is 63.4 Å². The summed E-state index contributed by atoms with van der Waals surface area (Å²) < 4.78 is 31.7. The van der Waals surface area contributed by atoms with Gasteiger partial charge in [0, 0.05) is 25.4 Å². The van der Waals surface area contributed by atoms with Crippen LogP contribution in [0.15, 0.2) is 18.7 Å². The van der Waals surface area contributed by atoms with E-state index in [1.807, 2.05) is 20.8 Å². The molecule has 1 aromatic rings. The second-order valence-electron chi connectivity index (χ2n) is 7.60. The van der Waals surface area contributed by atoms with Gasteiger partial charge in [-0.15, -0.1) is 0 Å². The zero-order chi connectivity index (χ0) is 19.7. The average molecular weight is 414 g/mol. The van der Waals surface area contributed by atoms with Gasteiger partial charge in [0.2, 0.25) is 0 Å². The first-order valence-electron chi connectivity index (χ1n) is 7.81. The average Bonchev–Trinajstić information content (AvgIpc) is 2.86. The molecule has 0 saturated carbocycles. The van der Waals surface area contributed by atoms with Gasteiger partial charge in [-0.1, -0.05) is 20.8 Å². The van der Waals surface area contributed by atoms with Crippen LogP contribution in [0, 0.1) is 0 Å². The summed E-state index contributed by atoms with van der Waals surface area (Å²) in [5.74, 6) is 0. The van der Waals surface area contributed by atoms with Crippen molar-refractivity contribution in [1.29, 1.82) is 0 Å². The monoisotopic (exact) mass is 414 g/mol. The van der Waals surface area contributed by atoms with Crippen molar-refractivity contribution >= 4 is 23.5 Å². The molecule has 0 aromatic carbocycles. The van der Waals surface area contributed by atoms with Crippen LogP contribution in [0.25, 0.3) is 0 Å². The summed E-state index contributed by atoms with van der Waals surface area (Å²) >= 11 is 0. The van der Waals surface area contributed by atoms with Crippen LogP contribution in [0.2, 0.25) is 18.1 Å². The van der Waals surface area contributed by atoms with Crippen molar-refractivity contribution in [3.63, 3.8) is 0 Å². The Kier molecular flexibility index (Phi) is 6.70. The minimum absolute atomic E-state index is 0.112. The van der Waals surface area contributed by atoms with Gasteiger partial charge < -0.3 is 28.6 Å². The zero-order valence-electron chi connectivity index (χ0n) is 15.2. The van der Waals surface area contributed by atoms with Gasteiger partial charge in [-0.05, 0) is 24.6 Å². The Morgan fingerprint density at radius 2 is 1.64 bits per heavy atom. The first-order chi connectivity index (χ1) is 11.0. The molecular weight excluding hydrogens is 386 g/mol. The molecule has 0 unspecified atom stereocenters. The first-order valence-corrected chi connectivity index (χ1v) is 13.9. The van der Waals surface area contributed by atoms with Crippen LogP contribution in [-0.2, 0) is 20.1 Å². The number of hydrogen-bond donors (Lipinski definition) is 4. The van der Waals surface area contributed by atoms with Crippen LogP contribution in [0.5, 0.6) is 0 Å². The molecule has 0 atom stereocenters. The van der Waals surface area contributed by atoms with E-state index in [0.29, 0.717) is 6.54 Å². The first kappa shape index (κ1) is 22.7. The van der Waals surface area contributed by atoms with E-state index < -0.39 is 40.1 Å². The minimum atomic E-state index is -5.28. The van der Waals surface area contributed by atoms with E-state index >= 15 is 0 Å². The third-order valence-corrected chi connectivity index (χ3v) is 13.4. The van der Waals surface area contributed by atoms with Crippen molar-refractivity contribution in [1.82, 2.24) is 9.55 Å². The van der Waals surface area contributed by atoms with Crippen LogP contribution in [0.1, 0.15) is 33.6 Å². The van der Waals surface area contributed by atoms with Crippen molar-refractivity contribution in [2.75, 3.05) is 0 Å². The normalized spacial score (nSPS) is 14.8. The molecule has 0 spiro atoms. The Morgan fingerprint density at radius 3 is 2.00 bits per heavy atom. The molecule has 0 bridgehead atoms. The highest BCUT2D eigenvalue weighted by Crippen LogP contribution is 2.72. The molecule has 0 aliphatic carbocycles. The number of aryl methyl sites for hydroxylation is 1. The summed E-state index contributed by atoms with van der Waals surface area (Å²) in [7, 11) is -13.4. The molecular formula is C13H28N2O7P2Si. The lowest BCUT2D eigenvalue weighted by atomic mass is 10.2. The molecule has 0 aliphatic rings. The molecule has 0 aliphatic heterocycles. The van der Waals surface area contributed by atoms with Gasteiger partial charge in [-0.25, -0.2) is 4.98 Å². The largest absolute Gasteiger partial charge is 0.392 e. The predicted molar refractivity (Wildman–Crippen MR) is 96.6 cm³/mol. The van der Waals surface area contributed by atoms with Gasteiger partial charge >= 0.3 is 15.2 Å². The summed E-state index contributed by atoms with van der Waals surface area (Å²) in [6.07, 6.45) is 4.37. The highest BCUT2D eigenvalue weighted by atomic mass is 31.2. The quantitative estimate of drug-likeness (QED) is 0.376. The Morgan fingerprint density at radius 1 is 1.12 bits per heavy atom. The van der Waals surface area contributed by atoms with E-state index in [1.54, 1.807) is 30.1 Å². The lowest BCUT2D eigenvalue weighted by Gasteiger charge is -2.45. The van der Waals surface area contributed by atoms with Gasteiger partial charge in [0.15, 0.2) is 8.32 Å². The van der Waals surface area contributed by atoms with Gasteiger partial charge in [0.1, 0.15) is 0 Å². The summed E-state index contributed by atoms with van der Waals surface area (Å²) in [5.41, 5.74) is 0. The molecule has 0 fully saturated rings. The van der Waals surface area contributed by atoms with E-state index in [4.69, 9.17) is 4.43 Å². The maximum Gasteiger partial charge on any atom is 0.368 e. The van der Waals surface area contributed by atoms with E-state index in [0.717, 1.165) is 0 Å². The maximum absolute atomic E-state index is 12.2. The Balaban J connectivity index is 3.24. The number of aromatic nitrogens is 2. The fourth-order valence-electron chi connectivity index (χ4n) is 2.10. The standard InChI is InChI=1S/C13H28N2O7P2Si/c1-12(2,3)25(4,5)22-13(23(16,17)18,24(19,20)21)7-6-9-15-10-8-14-11-15/h8,10-11H,6-7,9H2,1-5H3,(H2,16,17,18)(H2,19,20,21). The van der Waals surface area contributed by atoms with Crippen molar-refractivity contribution < 1.29 is 33.1 Å². The molecule has 0 amide bonds. The lowest BCUT2D eigenvalue weighted by molar-refractivity contribution is 0.127. The Labute approximate surface area is 148 Å². The van der Waals surface area contributed by atoms with Crippen molar-refractivity contribution in [3.05, 3.63) is 18.7 Å². The summed E-state index contributed by atoms with van der Waals surface area (Å²) in [6, 6.07) is 0. The van der Waals surface area contributed by atoms with Crippen LogP contribution >= 0.6 is 15.2 Å². The molecule has 12 heteroatoms. The Bertz CT molecular complexity index is 638.